The van der Waals surface area contributed by atoms with Crippen LogP contribution in [-0.2, 0) is 4.79 Å². The minimum absolute atomic E-state index is 0.0294. The largest absolute Gasteiger partial charge is 0.481 e. The molecule has 2 N–H and O–H groups in total. The van der Waals surface area contributed by atoms with Gasteiger partial charge in [0, 0.05) is 23.9 Å². The van der Waals surface area contributed by atoms with Crippen molar-refractivity contribution in [2.24, 2.45) is 5.92 Å². The highest BCUT2D eigenvalue weighted by atomic mass is 16.6. The summed E-state index contributed by atoms with van der Waals surface area (Å²) in [5.74, 6) is -1.16. The fraction of sp³-hybridized carbons (Fsp3) is 0.417. The monoisotopic (exact) mass is 250 g/mol. The number of nitrogens with one attached hydrogen (secondary N) is 1. The molecule has 18 heavy (non-hydrogen) atoms. The molecule has 0 aromatic heterocycles. The summed E-state index contributed by atoms with van der Waals surface area (Å²) in [7, 11) is 0. The number of hydrogen-bond acceptors (Lipinski definition) is 4. The second-order valence-corrected chi connectivity index (χ2v) is 4.43. The minimum atomic E-state index is -0.785. The van der Waals surface area contributed by atoms with Crippen LogP contribution in [0.2, 0.25) is 0 Å². The highest BCUT2D eigenvalue weighted by Crippen LogP contribution is 2.29. The Morgan fingerprint density at radius 1 is 1.33 bits per heavy atom. The van der Waals surface area contributed by atoms with Crippen LogP contribution >= 0.6 is 0 Å². The van der Waals surface area contributed by atoms with Gasteiger partial charge in [-0.1, -0.05) is 6.42 Å². The molecule has 0 saturated heterocycles. The van der Waals surface area contributed by atoms with E-state index in [-0.39, 0.29) is 17.6 Å². The Morgan fingerprint density at radius 2 is 2.00 bits per heavy atom. The number of rotatable bonds is 4. The number of carboxylic acids is 1. The Bertz CT molecular complexity index is 458. The van der Waals surface area contributed by atoms with Crippen molar-refractivity contribution in [3.8, 4) is 0 Å². The summed E-state index contributed by atoms with van der Waals surface area (Å²) in [5.41, 5.74) is 0.750. The lowest BCUT2D eigenvalue weighted by Gasteiger charge is -2.18. The molecule has 2 unspecified atom stereocenters. The van der Waals surface area contributed by atoms with Crippen LogP contribution in [0.3, 0.4) is 0 Å². The lowest BCUT2D eigenvalue weighted by molar-refractivity contribution is -0.384. The zero-order valence-corrected chi connectivity index (χ0v) is 9.70. The maximum absolute atomic E-state index is 11.0. The molecule has 2 atom stereocenters. The number of hydrogen-bond donors (Lipinski definition) is 2. The highest BCUT2D eigenvalue weighted by molar-refractivity contribution is 5.72. The van der Waals surface area contributed by atoms with Crippen molar-refractivity contribution < 1.29 is 14.8 Å². The van der Waals surface area contributed by atoms with E-state index in [1.54, 1.807) is 12.1 Å². The van der Waals surface area contributed by atoms with Crippen LogP contribution in [0.4, 0.5) is 11.4 Å². The second kappa shape index (κ2) is 5.03. The molecule has 1 aromatic rings. The van der Waals surface area contributed by atoms with Crippen molar-refractivity contribution in [3.05, 3.63) is 34.4 Å². The Kier molecular flexibility index (Phi) is 3.45. The summed E-state index contributed by atoms with van der Waals surface area (Å²) in [4.78, 5) is 21.1. The van der Waals surface area contributed by atoms with Gasteiger partial charge in [-0.3, -0.25) is 14.9 Å². The van der Waals surface area contributed by atoms with E-state index in [4.69, 9.17) is 5.11 Å². The van der Waals surface area contributed by atoms with Gasteiger partial charge in [0.05, 0.1) is 10.8 Å². The molecule has 1 aromatic carbocycles. The lowest BCUT2D eigenvalue weighted by atomic mass is 10.0. The number of anilines is 1. The van der Waals surface area contributed by atoms with Crippen molar-refractivity contribution >= 4 is 17.3 Å². The first-order chi connectivity index (χ1) is 8.58. The van der Waals surface area contributed by atoms with E-state index in [2.05, 4.69) is 5.32 Å². The van der Waals surface area contributed by atoms with Gasteiger partial charge in [-0.25, -0.2) is 0 Å². The first-order valence-electron chi connectivity index (χ1n) is 5.82. The highest BCUT2D eigenvalue weighted by Gasteiger charge is 2.32. The number of benzene rings is 1. The van der Waals surface area contributed by atoms with Crippen molar-refractivity contribution in [2.45, 2.75) is 25.3 Å². The molecule has 6 heteroatoms. The summed E-state index contributed by atoms with van der Waals surface area (Å²) in [6.07, 6.45) is 2.38. The van der Waals surface area contributed by atoms with Gasteiger partial charge in [0.2, 0.25) is 0 Å². The average Bonchev–Trinajstić information content (AvgIpc) is 2.78. The van der Waals surface area contributed by atoms with E-state index in [0.29, 0.717) is 6.42 Å². The fourth-order valence-corrected chi connectivity index (χ4v) is 2.32. The molecular weight excluding hydrogens is 236 g/mol. The van der Waals surface area contributed by atoms with Crippen molar-refractivity contribution in [1.82, 2.24) is 0 Å². The smallest absolute Gasteiger partial charge is 0.308 e. The zero-order chi connectivity index (χ0) is 13.1. The van der Waals surface area contributed by atoms with Gasteiger partial charge < -0.3 is 10.4 Å². The molecule has 1 aliphatic rings. The maximum Gasteiger partial charge on any atom is 0.308 e. The number of nitrogens with zero attached hydrogens (tertiary/aromatic N) is 1. The Labute approximate surface area is 104 Å². The average molecular weight is 250 g/mol. The zero-order valence-electron chi connectivity index (χ0n) is 9.70. The van der Waals surface area contributed by atoms with Crippen LogP contribution in [-0.4, -0.2) is 22.0 Å². The second-order valence-electron chi connectivity index (χ2n) is 4.43. The molecule has 0 bridgehead atoms. The van der Waals surface area contributed by atoms with Crippen molar-refractivity contribution in [3.63, 3.8) is 0 Å². The molecule has 1 aliphatic carbocycles. The molecule has 0 radical (unpaired) electrons. The summed E-state index contributed by atoms with van der Waals surface area (Å²) >= 11 is 0. The van der Waals surface area contributed by atoms with Gasteiger partial charge in [-0.15, -0.1) is 0 Å². The van der Waals surface area contributed by atoms with E-state index in [1.807, 2.05) is 0 Å². The van der Waals surface area contributed by atoms with Gasteiger partial charge in [-0.2, -0.15) is 0 Å². The summed E-state index contributed by atoms with van der Waals surface area (Å²) in [5, 5.41) is 22.7. The van der Waals surface area contributed by atoms with Crippen LogP contribution in [0.15, 0.2) is 24.3 Å². The molecule has 2 rings (SSSR count). The van der Waals surface area contributed by atoms with E-state index < -0.39 is 10.9 Å². The molecule has 6 nitrogen and oxygen atoms in total. The Morgan fingerprint density at radius 3 is 2.56 bits per heavy atom. The Hall–Kier alpha value is -2.11. The first kappa shape index (κ1) is 12.3. The number of carboxylic acid groups (broad SMARTS) is 1. The quantitative estimate of drug-likeness (QED) is 0.631. The SMILES string of the molecule is O=C(O)C1CCCC1Nc1ccc([N+](=O)[O-])cc1. The standard InChI is InChI=1S/C12H14N2O4/c15-12(16)10-2-1-3-11(10)13-8-4-6-9(7-5-8)14(17)18/h4-7,10-11,13H,1-3H2,(H,15,16). The summed E-state index contributed by atoms with van der Waals surface area (Å²) in [6.45, 7) is 0. The minimum Gasteiger partial charge on any atom is -0.481 e. The number of nitro groups is 1. The van der Waals surface area contributed by atoms with Crippen LogP contribution in [0.1, 0.15) is 19.3 Å². The first-order valence-corrected chi connectivity index (χ1v) is 5.82. The molecule has 0 amide bonds. The summed E-state index contributed by atoms with van der Waals surface area (Å²) < 4.78 is 0. The molecule has 0 heterocycles. The Balaban J connectivity index is 2.05. The number of aliphatic carboxylic acids is 1. The van der Waals surface area contributed by atoms with Gasteiger partial charge in [0.15, 0.2) is 0 Å². The predicted molar refractivity (Wildman–Crippen MR) is 65.5 cm³/mol. The number of carbonyl (C=O) groups is 1. The third-order valence-electron chi connectivity index (χ3n) is 3.26. The van der Waals surface area contributed by atoms with Gasteiger partial charge in [0.25, 0.3) is 5.69 Å². The molecular formula is C12H14N2O4. The number of non-ortho nitro benzene ring substituents is 1. The van der Waals surface area contributed by atoms with Gasteiger partial charge in [0.1, 0.15) is 0 Å². The van der Waals surface area contributed by atoms with Crippen molar-refractivity contribution in [1.29, 1.82) is 0 Å². The number of nitro benzene ring substituents is 1. The topological polar surface area (TPSA) is 92.5 Å². The third kappa shape index (κ3) is 2.58. The lowest BCUT2D eigenvalue weighted by Crippen LogP contribution is -2.29. The van der Waals surface area contributed by atoms with E-state index >= 15 is 0 Å². The van der Waals surface area contributed by atoms with Crippen LogP contribution in [0.5, 0.6) is 0 Å². The molecule has 1 saturated carbocycles. The van der Waals surface area contributed by atoms with E-state index in [0.717, 1.165) is 18.5 Å². The molecule has 96 valence electrons. The normalized spacial score (nSPS) is 22.7. The molecule has 0 spiro atoms. The van der Waals surface area contributed by atoms with E-state index in [1.165, 1.54) is 12.1 Å². The van der Waals surface area contributed by atoms with Crippen LogP contribution in [0.25, 0.3) is 0 Å². The third-order valence-corrected chi connectivity index (χ3v) is 3.26. The van der Waals surface area contributed by atoms with Gasteiger partial charge in [-0.05, 0) is 25.0 Å². The van der Waals surface area contributed by atoms with Crippen molar-refractivity contribution in [2.75, 3.05) is 5.32 Å². The van der Waals surface area contributed by atoms with Crippen LogP contribution < -0.4 is 5.32 Å². The fourth-order valence-electron chi connectivity index (χ4n) is 2.32. The summed E-state index contributed by atoms with van der Waals surface area (Å²) in [6, 6.07) is 5.94. The maximum atomic E-state index is 11.0. The molecule has 1 fully saturated rings. The predicted octanol–water partition coefficient (Wildman–Crippen LogP) is 2.26. The van der Waals surface area contributed by atoms with E-state index in [9.17, 15) is 14.9 Å². The molecule has 0 aliphatic heterocycles. The van der Waals surface area contributed by atoms with Crippen LogP contribution in [0, 0.1) is 16.0 Å². The van der Waals surface area contributed by atoms with Gasteiger partial charge >= 0.3 is 5.97 Å².